The van der Waals surface area contributed by atoms with Crippen molar-refractivity contribution in [2.45, 2.75) is 20.8 Å². The Labute approximate surface area is 101 Å². The average molecular weight is 233 g/mol. The number of hydrogen-bond acceptors (Lipinski definition) is 4. The standard InChI is InChI=1S/C13H19N3O/c1-13(2,3)8-16(4)12-15-10-7-9(14)5-6-11(10)17-12/h5-7H,8,14H2,1-4H3. The molecule has 2 aromatic rings. The fourth-order valence-electron chi connectivity index (χ4n) is 1.87. The van der Waals surface area contributed by atoms with Crippen LogP contribution in [-0.2, 0) is 0 Å². The number of anilines is 2. The molecule has 0 amide bonds. The SMILES string of the molecule is CN(CC(C)(C)C)c1nc2cc(N)ccc2o1. The Hall–Kier alpha value is -1.71. The predicted octanol–water partition coefficient (Wildman–Crippen LogP) is 2.89. The summed E-state index contributed by atoms with van der Waals surface area (Å²) in [6.45, 7) is 7.44. The lowest BCUT2D eigenvalue weighted by Gasteiger charge is -2.25. The number of oxazole rings is 1. The molecule has 0 atom stereocenters. The third-order valence-electron chi connectivity index (χ3n) is 2.44. The number of nitrogens with zero attached hydrogens (tertiary/aromatic N) is 2. The summed E-state index contributed by atoms with van der Waals surface area (Å²) in [5, 5.41) is 0. The van der Waals surface area contributed by atoms with Crippen molar-refractivity contribution in [3.05, 3.63) is 18.2 Å². The van der Waals surface area contributed by atoms with Crippen LogP contribution < -0.4 is 10.6 Å². The Bertz CT molecular complexity index is 525. The highest BCUT2D eigenvalue weighted by atomic mass is 16.4. The topological polar surface area (TPSA) is 55.3 Å². The maximum Gasteiger partial charge on any atom is 0.298 e. The first-order valence-corrected chi connectivity index (χ1v) is 5.72. The molecule has 0 aliphatic carbocycles. The molecule has 0 unspecified atom stereocenters. The first kappa shape index (κ1) is 11.8. The predicted molar refractivity (Wildman–Crippen MR) is 71.1 cm³/mol. The van der Waals surface area contributed by atoms with Gasteiger partial charge in [-0.05, 0) is 23.6 Å². The van der Waals surface area contributed by atoms with Gasteiger partial charge in [0.2, 0.25) is 0 Å². The number of nitrogens with two attached hydrogens (primary N) is 1. The summed E-state index contributed by atoms with van der Waals surface area (Å²) in [6, 6.07) is 6.14. The fourth-order valence-corrected chi connectivity index (χ4v) is 1.87. The smallest absolute Gasteiger partial charge is 0.298 e. The van der Waals surface area contributed by atoms with Gasteiger partial charge in [-0.15, -0.1) is 0 Å². The van der Waals surface area contributed by atoms with Gasteiger partial charge in [0.15, 0.2) is 5.58 Å². The van der Waals surface area contributed by atoms with Crippen LogP contribution in [0.4, 0.5) is 11.7 Å². The van der Waals surface area contributed by atoms with Gasteiger partial charge in [-0.3, -0.25) is 0 Å². The van der Waals surface area contributed by atoms with Crippen molar-refractivity contribution in [2.24, 2.45) is 5.41 Å². The lowest BCUT2D eigenvalue weighted by Crippen LogP contribution is -2.29. The quantitative estimate of drug-likeness (QED) is 0.810. The zero-order valence-corrected chi connectivity index (χ0v) is 10.8. The first-order chi connectivity index (χ1) is 7.85. The highest BCUT2D eigenvalue weighted by Crippen LogP contribution is 2.25. The van der Waals surface area contributed by atoms with Gasteiger partial charge in [-0.2, -0.15) is 4.98 Å². The molecule has 0 bridgehead atoms. The molecule has 17 heavy (non-hydrogen) atoms. The minimum atomic E-state index is 0.203. The number of benzene rings is 1. The van der Waals surface area contributed by atoms with Crippen LogP contribution in [-0.4, -0.2) is 18.6 Å². The Morgan fingerprint density at radius 2 is 2.06 bits per heavy atom. The molecule has 1 heterocycles. The van der Waals surface area contributed by atoms with Crippen LogP contribution >= 0.6 is 0 Å². The van der Waals surface area contributed by atoms with Crippen LogP contribution in [0.2, 0.25) is 0 Å². The molecule has 2 N–H and O–H groups in total. The molecular weight excluding hydrogens is 214 g/mol. The molecule has 92 valence electrons. The van der Waals surface area contributed by atoms with E-state index in [4.69, 9.17) is 10.2 Å². The maximum atomic E-state index is 5.72. The van der Waals surface area contributed by atoms with Crippen LogP contribution in [0, 0.1) is 5.41 Å². The minimum Gasteiger partial charge on any atom is -0.423 e. The van der Waals surface area contributed by atoms with E-state index in [2.05, 4.69) is 25.8 Å². The second-order valence-corrected chi connectivity index (χ2v) is 5.64. The number of aromatic nitrogens is 1. The van der Waals surface area contributed by atoms with Crippen molar-refractivity contribution in [1.82, 2.24) is 4.98 Å². The summed E-state index contributed by atoms with van der Waals surface area (Å²) in [4.78, 5) is 6.46. The Kier molecular flexibility index (Phi) is 2.73. The van der Waals surface area contributed by atoms with E-state index in [9.17, 15) is 0 Å². The third kappa shape index (κ3) is 2.70. The molecule has 0 fully saturated rings. The molecule has 1 aromatic heterocycles. The van der Waals surface area contributed by atoms with Crippen LogP contribution in [0.3, 0.4) is 0 Å². The summed E-state index contributed by atoms with van der Waals surface area (Å²) in [7, 11) is 1.99. The normalized spacial score (nSPS) is 12.0. The van der Waals surface area contributed by atoms with Gasteiger partial charge in [0.25, 0.3) is 6.01 Å². The van der Waals surface area contributed by atoms with Crippen LogP contribution in [0.5, 0.6) is 0 Å². The van der Waals surface area contributed by atoms with Gasteiger partial charge in [0, 0.05) is 19.3 Å². The summed E-state index contributed by atoms with van der Waals surface area (Å²) in [5.74, 6) is 0. The summed E-state index contributed by atoms with van der Waals surface area (Å²) in [6.07, 6.45) is 0. The monoisotopic (exact) mass is 233 g/mol. The second-order valence-electron chi connectivity index (χ2n) is 5.64. The Morgan fingerprint density at radius 3 is 2.71 bits per heavy atom. The van der Waals surface area contributed by atoms with Gasteiger partial charge in [0.05, 0.1) is 0 Å². The fraction of sp³-hybridized carbons (Fsp3) is 0.462. The molecule has 1 aromatic carbocycles. The highest BCUT2D eigenvalue weighted by molar-refractivity contribution is 5.78. The third-order valence-corrected chi connectivity index (χ3v) is 2.44. The summed E-state index contributed by atoms with van der Waals surface area (Å²) in [5.41, 5.74) is 8.20. The van der Waals surface area contributed by atoms with Crippen molar-refractivity contribution in [1.29, 1.82) is 0 Å². The van der Waals surface area contributed by atoms with Crippen molar-refractivity contribution in [2.75, 3.05) is 24.2 Å². The van der Waals surface area contributed by atoms with E-state index in [1.54, 1.807) is 0 Å². The first-order valence-electron chi connectivity index (χ1n) is 5.72. The van der Waals surface area contributed by atoms with Crippen molar-refractivity contribution >= 4 is 22.8 Å². The number of hydrogen-bond donors (Lipinski definition) is 1. The highest BCUT2D eigenvalue weighted by Gasteiger charge is 2.17. The lowest BCUT2D eigenvalue weighted by atomic mass is 9.96. The maximum absolute atomic E-state index is 5.72. The van der Waals surface area contributed by atoms with E-state index in [1.807, 2.05) is 30.1 Å². The average Bonchev–Trinajstić information content (AvgIpc) is 2.57. The van der Waals surface area contributed by atoms with Crippen molar-refractivity contribution < 1.29 is 4.42 Å². The largest absolute Gasteiger partial charge is 0.423 e. The van der Waals surface area contributed by atoms with Gasteiger partial charge in [0.1, 0.15) is 5.52 Å². The van der Waals surface area contributed by atoms with E-state index in [0.29, 0.717) is 11.7 Å². The van der Waals surface area contributed by atoms with E-state index in [0.717, 1.165) is 17.6 Å². The molecular formula is C13H19N3O. The molecule has 0 aliphatic rings. The Balaban J connectivity index is 2.30. The molecule has 4 heteroatoms. The number of nitrogen functional groups attached to an aromatic ring is 1. The van der Waals surface area contributed by atoms with Crippen molar-refractivity contribution in [3.8, 4) is 0 Å². The second kappa shape index (κ2) is 3.95. The van der Waals surface area contributed by atoms with Crippen molar-refractivity contribution in [3.63, 3.8) is 0 Å². The van der Waals surface area contributed by atoms with Crippen LogP contribution in [0.15, 0.2) is 22.6 Å². The van der Waals surface area contributed by atoms with Gasteiger partial charge in [-0.25, -0.2) is 0 Å². The molecule has 2 rings (SSSR count). The van der Waals surface area contributed by atoms with Gasteiger partial charge < -0.3 is 15.1 Å². The van der Waals surface area contributed by atoms with Gasteiger partial charge >= 0.3 is 0 Å². The van der Waals surface area contributed by atoms with E-state index in [-0.39, 0.29) is 5.41 Å². The summed E-state index contributed by atoms with van der Waals surface area (Å²) < 4.78 is 5.69. The molecule has 0 saturated heterocycles. The van der Waals surface area contributed by atoms with Crippen LogP contribution in [0.1, 0.15) is 20.8 Å². The van der Waals surface area contributed by atoms with E-state index in [1.165, 1.54) is 0 Å². The molecule has 0 aliphatic heterocycles. The Morgan fingerprint density at radius 1 is 1.35 bits per heavy atom. The molecule has 0 saturated carbocycles. The zero-order chi connectivity index (χ0) is 12.6. The summed E-state index contributed by atoms with van der Waals surface area (Å²) >= 11 is 0. The van der Waals surface area contributed by atoms with Gasteiger partial charge in [-0.1, -0.05) is 20.8 Å². The van der Waals surface area contributed by atoms with E-state index < -0.39 is 0 Å². The number of fused-ring (bicyclic) bond motifs is 1. The molecule has 0 radical (unpaired) electrons. The van der Waals surface area contributed by atoms with E-state index >= 15 is 0 Å². The molecule has 4 nitrogen and oxygen atoms in total. The number of rotatable bonds is 2. The minimum absolute atomic E-state index is 0.203. The lowest BCUT2D eigenvalue weighted by molar-refractivity contribution is 0.406. The van der Waals surface area contributed by atoms with Crippen LogP contribution in [0.25, 0.3) is 11.1 Å². The molecule has 0 spiro atoms. The zero-order valence-electron chi connectivity index (χ0n) is 10.8.